The van der Waals surface area contributed by atoms with E-state index >= 15 is 0 Å². The highest BCUT2D eigenvalue weighted by molar-refractivity contribution is 5.31. The number of hydrogen-bond donors (Lipinski definition) is 2. The minimum absolute atomic E-state index is 0.0151. The first-order valence-corrected chi connectivity index (χ1v) is 4.96. The Kier molecular flexibility index (Phi) is 1.63. The van der Waals surface area contributed by atoms with E-state index in [9.17, 15) is 10.2 Å². The molecule has 2 N–H and O–H groups in total. The molecule has 2 bridgehead atoms. The number of aliphatic hydroxyl groups excluding tert-OH is 2. The molecule has 0 amide bonds. The van der Waals surface area contributed by atoms with Crippen LogP contribution in [0.5, 0.6) is 0 Å². The van der Waals surface area contributed by atoms with E-state index in [0.29, 0.717) is 0 Å². The van der Waals surface area contributed by atoms with Crippen LogP contribution in [0.3, 0.4) is 0 Å². The zero-order chi connectivity index (χ0) is 9.71. The normalized spacial score (nSPS) is 39.6. The lowest BCUT2D eigenvalue weighted by atomic mass is 9.68. The number of nitrogens with zero attached hydrogens (tertiary/aromatic N) is 2. The summed E-state index contributed by atoms with van der Waals surface area (Å²) in [5.41, 5.74) is 1.78. The maximum Gasteiger partial charge on any atom is 0.0889 e. The fourth-order valence-electron chi connectivity index (χ4n) is 2.70. The van der Waals surface area contributed by atoms with E-state index in [1.165, 1.54) is 0 Å². The Morgan fingerprint density at radius 1 is 0.929 bits per heavy atom. The SMILES string of the molecule is OC1C2CCC(c3nccnc32)C1O. The van der Waals surface area contributed by atoms with Crippen molar-refractivity contribution in [2.75, 3.05) is 0 Å². The first kappa shape index (κ1) is 8.32. The van der Waals surface area contributed by atoms with Gasteiger partial charge in [0.2, 0.25) is 0 Å². The average Bonchev–Trinajstić information content (AvgIpc) is 2.24. The van der Waals surface area contributed by atoms with Gasteiger partial charge in [0.25, 0.3) is 0 Å². The van der Waals surface area contributed by atoms with Crippen molar-refractivity contribution in [1.29, 1.82) is 0 Å². The zero-order valence-electron chi connectivity index (χ0n) is 7.67. The minimum Gasteiger partial charge on any atom is -0.390 e. The highest BCUT2D eigenvalue weighted by atomic mass is 16.3. The van der Waals surface area contributed by atoms with Crippen molar-refractivity contribution in [1.82, 2.24) is 9.97 Å². The smallest absolute Gasteiger partial charge is 0.0889 e. The molecule has 4 unspecified atom stereocenters. The molecule has 0 saturated heterocycles. The predicted octanol–water partition coefficient (Wildman–Crippen LogP) is 0.173. The largest absolute Gasteiger partial charge is 0.390 e. The van der Waals surface area contributed by atoms with Crippen molar-refractivity contribution in [2.24, 2.45) is 0 Å². The van der Waals surface area contributed by atoms with E-state index in [1.807, 2.05) is 0 Å². The summed E-state index contributed by atoms with van der Waals surface area (Å²) >= 11 is 0. The summed E-state index contributed by atoms with van der Waals surface area (Å²) in [7, 11) is 0. The van der Waals surface area contributed by atoms with Crippen LogP contribution in [0.15, 0.2) is 12.4 Å². The van der Waals surface area contributed by atoms with Gasteiger partial charge in [0.15, 0.2) is 0 Å². The molecule has 1 heterocycles. The van der Waals surface area contributed by atoms with Crippen LogP contribution in [0.25, 0.3) is 0 Å². The minimum atomic E-state index is -0.655. The summed E-state index contributed by atoms with van der Waals surface area (Å²) in [5, 5.41) is 19.6. The van der Waals surface area contributed by atoms with Gasteiger partial charge in [0.05, 0.1) is 23.6 Å². The summed E-state index contributed by atoms with van der Waals surface area (Å²) in [4.78, 5) is 8.51. The van der Waals surface area contributed by atoms with Gasteiger partial charge in [-0.15, -0.1) is 0 Å². The lowest BCUT2D eigenvalue weighted by Crippen LogP contribution is -2.46. The van der Waals surface area contributed by atoms with Crippen molar-refractivity contribution in [2.45, 2.75) is 36.9 Å². The fraction of sp³-hybridized carbons (Fsp3) is 0.600. The Bertz CT molecular complexity index is 334. The zero-order valence-corrected chi connectivity index (χ0v) is 7.67. The predicted molar refractivity (Wildman–Crippen MR) is 48.8 cm³/mol. The summed E-state index contributed by atoms with van der Waals surface area (Å²) in [6, 6.07) is 0. The number of hydrogen-bond acceptors (Lipinski definition) is 4. The lowest BCUT2D eigenvalue weighted by Gasteiger charge is -2.43. The van der Waals surface area contributed by atoms with Gasteiger partial charge in [-0.3, -0.25) is 9.97 Å². The van der Waals surface area contributed by atoms with Gasteiger partial charge in [-0.25, -0.2) is 0 Å². The van der Waals surface area contributed by atoms with Gasteiger partial charge in [-0.1, -0.05) is 0 Å². The van der Waals surface area contributed by atoms with Crippen LogP contribution in [0.2, 0.25) is 0 Å². The number of aliphatic hydroxyl groups is 2. The molecular weight excluding hydrogens is 180 g/mol. The van der Waals surface area contributed by atoms with Crippen LogP contribution < -0.4 is 0 Å². The number of fused-ring (bicyclic) bond motifs is 2. The Morgan fingerprint density at radius 2 is 1.36 bits per heavy atom. The third-order valence-corrected chi connectivity index (χ3v) is 3.42. The molecule has 4 nitrogen and oxygen atoms in total. The van der Waals surface area contributed by atoms with E-state index in [-0.39, 0.29) is 11.8 Å². The molecule has 1 aromatic rings. The second-order valence-corrected chi connectivity index (χ2v) is 4.10. The molecule has 1 aromatic heterocycles. The fourth-order valence-corrected chi connectivity index (χ4v) is 2.70. The van der Waals surface area contributed by atoms with E-state index in [1.54, 1.807) is 12.4 Å². The Morgan fingerprint density at radius 3 is 1.79 bits per heavy atom. The third-order valence-electron chi connectivity index (χ3n) is 3.42. The maximum absolute atomic E-state index is 9.80. The van der Waals surface area contributed by atoms with Crippen molar-refractivity contribution in [3.63, 3.8) is 0 Å². The van der Waals surface area contributed by atoms with Crippen molar-refractivity contribution < 1.29 is 10.2 Å². The number of aromatic nitrogens is 2. The van der Waals surface area contributed by atoms with Gasteiger partial charge in [0.1, 0.15) is 0 Å². The van der Waals surface area contributed by atoms with Gasteiger partial charge < -0.3 is 10.2 Å². The molecular formula is C10H12N2O2. The van der Waals surface area contributed by atoms with E-state index in [4.69, 9.17) is 0 Å². The molecule has 74 valence electrons. The van der Waals surface area contributed by atoms with E-state index in [2.05, 4.69) is 9.97 Å². The molecule has 0 aliphatic heterocycles. The monoisotopic (exact) mass is 192 g/mol. The Balaban J connectivity index is 2.17. The van der Waals surface area contributed by atoms with Crippen LogP contribution in [-0.4, -0.2) is 32.4 Å². The lowest BCUT2D eigenvalue weighted by molar-refractivity contribution is -0.0488. The van der Waals surface area contributed by atoms with E-state index in [0.717, 1.165) is 24.2 Å². The second-order valence-electron chi connectivity index (χ2n) is 4.10. The Hall–Kier alpha value is -1.00. The molecule has 4 heteroatoms. The second kappa shape index (κ2) is 2.74. The first-order chi connectivity index (χ1) is 6.79. The van der Waals surface area contributed by atoms with Gasteiger partial charge >= 0.3 is 0 Å². The summed E-state index contributed by atoms with van der Waals surface area (Å²) in [5.74, 6) is -0.0302. The molecule has 1 saturated carbocycles. The van der Waals surface area contributed by atoms with Crippen molar-refractivity contribution in [3.8, 4) is 0 Å². The van der Waals surface area contributed by atoms with Gasteiger partial charge in [0, 0.05) is 24.2 Å². The van der Waals surface area contributed by atoms with E-state index < -0.39 is 12.2 Å². The highest BCUT2D eigenvalue weighted by Gasteiger charge is 2.47. The molecule has 0 spiro atoms. The summed E-state index contributed by atoms with van der Waals surface area (Å²) in [6.45, 7) is 0. The standard InChI is InChI=1S/C10H12N2O2/c13-9-5-1-2-6(10(9)14)8-7(5)11-3-4-12-8/h3-6,9-10,13-14H,1-2H2. The van der Waals surface area contributed by atoms with Crippen LogP contribution in [0.4, 0.5) is 0 Å². The number of rotatable bonds is 0. The first-order valence-electron chi connectivity index (χ1n) is 4.96. The third kappa shape index (κ3) is 0.898. The van der Waals surface area contributed by atoms with Crippen LogP contribution in [-0.2, 0) is 0 Å². The average molecular weight is 192 g/mol. The highest BCUT2D eigenvalue weighted by Crippen LogP contribution is 2.47. The molecule has 0 radical (unpaired) electrons. The maximum atomic E-state index is 9.80. The van der Waals surface area contributed by atoms with Gasteiger partial charge in [-0.05, 0) is 12.8 Å². The molecule has 3 aliphatic carbocycles. The van der Waals surface area contributed by atoms with Crippen LogP contribution in [0, 0.1) is 0 Å². The van der Waals surface area contributed by atoms with Crippen molar-refractivity contribution in [3.05, 3.63) is 23.8 Å². The Labute approximate surface area is 81.6 Å². The molecule has 1 fully saturated rings. The molecule has 0 aromatic carbocycles. The summed E-state index contributed by atoms with van der Waals surface area (Å²) < 4.78 is 0. The topological polar surface area (TPSA) is 66.2 Å². The molecule has 4 atom stereocenters. The van der Waals surface area contributed by atoms with Gasteiger partial charge in [-0.2, -0.15) is 0 Å². The molecule has 4 rings (SSSR count). The van der Waals surface area contributed by atoms with Crippen LogP contribution in [0.1, 0.15) is 36.1 Å². The van der Waals surface area contributed by atoms with Crippen LogP contribution >= 0.6 is 0 Å². The molecule has 14 heavy (non-hydrogen) atoms. The quantitative estimate of drug-likeness (QED) is 0.615. The van der Waals surface area contributed by atoms with Crippen molar-refractivity contribution >= 4 is 0 Å². The summed E-state index contributed by atoms with van der Waals surface area (Å²) in [6.07, 6.45) is 3.82. The molecule has 3 aliphatic rings.